The first kappa shape index (κ1) is 18.1. The maximum absolute atomic E-state index is 12.7. The lowest BCUT2D eigenvalue weighted by molar-refractivity contribution is 0.0161. The van der Waals surface area contributed by atoms with Crippen molar-refractivity contribution in [3.63, 3.8) is 0 Å². The highest BCUT2D eigenvalue weighted by Gasteiger charge is 2.27. The summed E-state index contributed by atoms with van der Waals surface area (Å²) in [5.41, 5.74) is 5.24. The summed E-state index contributed by atoms with van der Waals surface area (Å²) in [4.78, 5) is 7.12. The number of nitrogens with zero attached hydrogens (tertiary/aromatic N) is 2. The molecule has 0 aliphatic carbocycles. The summed E-state index contributed by atoms with van der Waals surface area (Å²) in [6.07, 6.45) is 2.30. The van der Waals surface area contributed by atoms with Crippen LogP contribution in [-0.2, 0) is 5.92 Å². The van der Waals surface area contributed by atoms with Crippen molar-refractivity contribution >= 4 is 5.95 Å². The largest absolute Gasteiger partial charge is 0.368 e. The van der Waals surface area contributed by atoms with Crippen LogP contribution < -0.4 is 5.73 Å². The number of anilines is 1. The van der Waals surface area contributed by atoms with Gasteiger partial charge in [0.05, 0.1) is 11.3 Å². The van der Waals surface area contributed by atoms with Crippen LogP contribution in [0.1, 0.15) is 52.3 Å². The molecule has 3 nitrogen and oxygen atoms in total. The second kappa shape index (κ2) is 8.84. The van der Waals surface area contributed by atoms with Gasteiger partial charge in [0.25, 0.3) is 5.92 Å². The molecule has 5 heteroatoms. The van der Waals surface area contributed by atoms with E-state index >= 15 is 0 Å². The number of hydrogen-bond acceptors (Lipinski definition) is 3. The Morgan fingerprint density at radius 1 is 1.29 bits per heavy atom. The fourth-order valence-corrected chi connectivity index (χ4v) is 0.916. The van der Waals surface area contributed by atoms with Crippen LogP contribution in [0.25, 0.3) is 0 Å². The van der Waals surface area contributed by atoms with Gasteiger partial charge in [-0.2, -0.15) is 0 Å². The Balaban J connectivity index is 0. The highest BCUT2D eigenvalue weighted by Crippen LogP contribution is 2.28. The highest BCUT2D eigenvalue weighted by molar-refractivity contribution is 5.26. The van der Waals surface area contributed by atoms with Gasteiger partial charge in [0, 0.05) is 13.1 Å². The first-order chi connectivity index (χ1) is 7.82. The Hall–Kier alpha value is -1.26. The summed E-state index contributed by atoms with van der Waals surface area (Å²) in [6.45, 7) is 10.5. The van der Waals surface area contributed by atoms with Crippen LogP contribution in [0.15, 0.2) is 6.20 Å². The zero-order valence-electron chi connectivity index (χ0n) is 11.5. The van der Waals surface area contributed by atoms with Gasteiger partial charge in [-0.25, -0.2) is 18.7 Å². The van der Waals surface area contributed by atoms with Crippen molar-refractivity contribution in [2.45, 2.75) is 53.9 Å². The number of halogens is 2. The minimum atomic E-state index is -2.90. The van der Waals surface area contributed by atoms with Gasteiger partial charge in [-0.05, 0) is 6.92 Å². The van der Waals surface area contributed by atoms with Crippen LogP contribution in [0.3, 0.4) is 0 Å². The molecule has 0 bridgehead atoms. The minimum absolute atomic E-state index is 0.0144. The molecule has 0 radical (unpaired) electrons. The Morgan fingerprint density at radius 2 is 1.71 bits per heavy atom. The molecule has 1 aromatic heterocycles. The predicted molar refractivity (Wildman–Crippen MR) is 68.1 cm³/mol. The predicted octanol–water partition coefficient (Wildman–Crippen LogP) is 3.92. The molecule has 0 amide bonds. The first-order valence-electron chi connectivity index (χ1n) is 5.80. The van der Waals surface area contributed by atoms with Gasteiger partial charge in [-0.15, -0.1) is 0 Å². The zero-order valence-corrected chi connectivity index (χ0v) is 11.5. The van der Waals surface area contributed by atoms with Gasteiger partial charge in [0.1, 0.15) is 0 Å². The molecule has 1 aromatic rings. The lowest BCUT2D eigenvalue weighted by Crippen LogP contribution is -2.12. The Kier molecular flexibility index (Phi) is 9.42. The molecule has 0 unspecified atom stereocenters. The SMILES string of the molecule is CC.CCC.Cc1nc(N)ncc1C(C)(F)F. The van der Waals surface area contributed by atoms with Crippen molar-refractivity contribution < 1.29 is 8.78 Å². The van der Waals surface area contributed by atoms with Crippen molar-refractivity contribution in [1.29, 1.82) is 0 Å². The molecule has 0 fully saturated rings. The van der Waals surface area contributed by atoms with E-state index in [4.69, 9.17) is 5.73 Å². The molecule has 1 heterocycles. The van der Waals surface area contributed by atoms with E-state index in [9.17, 15) is 8.78 Å². The third kappa shape index (κ3) is 7.60. The molecule has 17 heavy (non-hydrogen) atoms. The van der Waals surface area contributed by atoms with Crippen LogP contribution in [0.5, 0.6) is 0 Å². The highest BCUT2D eigenvalue weighted by atomic mass is 19.3. The van der Waals surface area contributed by atoms with Crippen molar-refractivity contribution in [3.05, 3.63) is 17.5 Å². The molecule has 0 saturated heterocycles. The van der Waals surface area contributed by atoms with Gasteiger partial charge in [0.15, 0.2) is 0 Å². The van der Waals surface area contributed by atoms with Gasteiger partial charge in [0.2, 0.25) is 5.95 Å². The zero-order chi connectivity index (χ0) is 14.1. The quantitative estimate of drug-likeness (QED) is 0.818. The summed E-state index contributed by atoms with van der Waals surface area (Å²) in [5.74, 6) is -2.89. The molecule has 0 atom stereocenters. The van der Waals surface area contributed by atoms with Crippen LogP contribution >= 0.6 is 0 Å². The maximum Gasteiger partial charge on any atom is 0.273 e. The molecular formula is C12H23F2N3. The van der Waals surface area contributed by atoms with Gasteiger partial charge >= 0.3 is 0 Å². The second-order valence-corrected chi connectivity index (χ2v) is 3.32. The molecule has 100 valence electrons. The lowest BCUT2D eigenvalue weighted by atomic mass is 10.1. The average molecular weight is 247 g/mol. The summed E-state index contributed by atoms with van der Waals surface area (Å²) < 4.78 is 25.5. The van der Waals surface area contributed by atoms with Crippen molar-refractivity contribution in [3.8, 4) is 0 Å². The van der Waals surface area contributed by atoms with Gasteiger partial charge in [-0.1, -0.05) is 34.1 Å². The molecule has 1 rings (SSSR count). The van der Waals surface area contributed by atoms with E-state index < -0.39 is 5.92 Å². The monoisotopic (exact) mass is 247 g/mol. The number of rotatable bonds is 1. The summed E-state index contributed by atoms with van der Waals surface area (Å²) >= 11 is 0. The number of nitrogens with two attached hydrogens (primary N) is 1. The smallest absolute Gasteiger partial charge is 0.273 e. The maximum atomic E-state index is 12.7. The molecule has 2 N–H and O–H groups in total. The molecule has 0 spiro atoms. The van der Waals surface area contributed by atoms with E-state index in [1.54, 1.807) is 0 Å². The fraction of sp³-hybridized carbons (Fsp3) is 0.667. The Labute approximate surface area is 102 Å². The van der Waals surface area contributed by atoms with E-state index in [0.29, 0.717) is 0 Å². The van der Waals surface area contributed by atoms with E-state index in [2.05, 4.69) is 23.8 Å². The minimum Gasteiger partial charge on any atom is -0.368 e. The topological polar surface area (TPSA) is 51.8 Å². The van der Waals surface area contributed by atoms with E-state index in [-0.39, 0.29) is 17.2 Å². The summed E-state index contributed by atoms with van der Waals surface area (Å²) in [7, 11) is 0. The number of aryl methyl sites for hydroxylation is 1. The van der Waals surface area contributed by atoms with Gasteiger partial charge < -0.3 is 5.73 Å². The average Bonchev–Trinajstić information content (AvgIpc) is 2.19. The first-order valence-corrected chi connectivity index (χ1v) is 5.80. The summed E-state index contributed by atoms with van der Waals surface area (Å²) in [5, 5.41) is 0. The lowest BCUT2D eigenvalue weighted by Gasteiger charge is -2.11. The summed E-state index contributed by atoms with van der Waals surface area (Å²) in [6, 6.07) is 0. The fourth-order valence-electron chi connectivity index (χ4n) is 0.916. The molecule has 0 aliphatic heterocycles. The number of hydrogen-bond donors (Lipinski definition) is 1. The molecule has 0 aromatic carbocycles. The number of alkyl halides is 2. The van der Waals surface area contributed by atoms with Crippen LogP contribution in [0.4, 0.5) is 14.7 Å². The third-order valence-electron chi connectivity index (χ3n) is 1.47. The standard InChI is InChI=1S/C7H9F2N3.C3H8.C2H6/c1-4-5(7(2,8)9)3-11-6(10)12-4;1-3-2;1-2/h3H,1-2H3,(H2,10,11,12);3H2,1-2H3;1-2H3. The van der Waals surface area contributed by atoms with E-state index in [1.165, 1.54) is 13.3 Å². The van der Waals surface area contributed by atoms with Crippen LogP contribution in [0.2, 0.25) is 0 Å². The third-order valence-corrected chi connectivity index (χ3v) is 1.47. The van der Waals surface area contributed by atoms with Crippen molar-refractivity contribution in [2.75, 3.05) is 5.73 Å². The number of aromatic nitrogens is 2. The Bertz CT molecular complexity index is 309. The van der Waals surface area contributed by atoms with E-state index in [0.717, 1.165) is 13.1 Å². The molecule has 0 saturated carbocycles. The molecular weight excluding hydrogens is 224 g/mol. The molecule has 0 aliphatic rings. The van der Waals surface area contributed by atoms with Crippen molar-refractivity contribution in [2.24, 2.45) is 0 Å². The van der Waals surface area contributed by atoms with Crippen molar-refractivity contribution in [1.82, 2.24) is 9.97 Å². The van der Waals surface area contributed by atoms with Gasteiger partial charge in [-0.3, -0.25) is 0 Å². The Morgan fingerprint density at radius 3 is 2.00 bits per heavy atom. The number of nitrogen functional groups attached to an aromatic ring is 1. The van der Waals surface area contributed by atoms with Crippen LogP contribution in [0, 0.1) is 6.92 Å². The normalized spacial score (nSPS) is 9.65. The second-order valence-electron chi connectivity index (χ2n) is 3.32. The van der Waals surface area contributed by atoms with E-state index in [1.807, 2.05) is 13.8 Å². The van der Waals surface area contributed by atoms with Crippen LogP contribution in [-0.4, -0.2) is 9.97 Å².